The van der Waals surface area contributed by atoms with Gasteiger partial charge in [-0.3, -0.25) is 4.79 Å². The summed E-state index contributed by atoms with van der Waals surface area (Å²) in [4.78, 5) is 13.0. The summed E-state index contributed by atoms with van der Waals surface area (Å²) < 4.78 is 5.06. The van der Waals surface area contributed by atoms with Crippen molar-refractivity contribution >= 4 is 17.3 Å². The number of ether oxygens (including phenoxy) is 1. The number of benzene rings is 1. The number of rotatable bonds is 2. The predicted molar refractivity (Wildman–Crippen MR) is 66.5 cm³/mol. The van der Waals surface area contributed by atoms with Crippen molar-refractivity contribution in [1.29, 1.82) is 0 Å². The Kier molecular flexibility index (Phi) is 2.14. The van der Waals surface area contributed by atoms with E-state index in [0.29, 0.717) is 17.1 Å². The molecule has 1 fully saturated rings. The second-order valence-electron chi connectivity index (χ2n) is 4.76. The van der Waals surface area contributed by atoms with Crippen LogP contribution in [0.15, 0.2) is 24.3 Å². The second kappa shape index (κ2) is 3.48. The van der Waals surface area contributed by atoms with Gasteiger partial charge in [0.05, 0.1) is 7.11 Å². The molecule has 1 aromatic carbocycles. The lowest BCUT2D eigenvalue weighted by atomic mass is 10.0. The monoisotopic (exact) mass is 246 g/mol. The van der Waals surface area contributed by atoms with Crippen LogP contribution >= 0.6 is 0 Å². The van der Waals surface area contributed by atoms with Gasteiger partial charge < -0.3 is 9.94 Å². The zero-order valence-corrected chi connectivity index (χ0v) is 10.3. The molecule has 5 nitrogen and oxygen atoms in total. The van der Waals surface area contributed by atoms with Gasteiger partial charge in [0.2, 0.25) is 5.71 Å². The van der Waals surface area contributed by atoms with Gasteiger partial charge in [-0.15, -0.1) is 0 Å². The molecule has 2 aliphatic rings. The number of amides is 1. The minimum atomic E-state index is -0.512. The number of anilines is 1. The molecule has 1 saturated carbocycles. The highest BCUT2D eigenvalue weighted by atomic mass is 16.5. The fourth-order valence-corrected chi connectivity index (χ4v) is 2.42. The lowest BCUT2D eigenvalue weighted by molar-refractivity contribution is -0.456. The highest BCUT2D eigenvalue weighted by Crippen LogP contribution is 2.51. The van der Waals surface area contributed by atoms with E-state index >= 15 is 0 Å². The van der Waals surface area contributed by atoms with E-state index in [9.17, 15) is 10.0 Å². The molecule has 0 N–H and O–H groups in total. The van der Waals surface area contributed by atoms with E-state index in [0.717, 1.165) is 17.7 Å². The molecular weight excluding hydrogens is 232 g/mol. The molecule has 1 aliphatic carbocycles. The topological polar surface area (TPSA) is 55.6 Å². The fraction of sp³-hybridized carbons (Fsp3) is 0.385. The van der Waals surface area contributed by atoms with E-state index in [-0.39, 0.29) is 5.91 Å². The number of methoxy groups -OCH3 is 1. The van der Waals surface area contributed by atoms with Crippen LogP contribution in [0.3, 0.4) is 0 Å². The summed E-state index contributed by atoms with van der Waals surface area (Å²) in [6, 6.07) is 6.92. The van der Waals surface area contributed by atoms with E-state index in [2.05, 4.69) is 0 Å². The van der Waals surface area contributed by atoms with Gasteiger partial charge in [-0.2, -0.15) is 0 Å². The van der Waals surface area contributed by atoms with Crippen molar-refractivity contribution in [1.82, 2.24) is 0 Å². The van der Waals surface area contributed by atoms with Crippen LogP contribution in [-0.4, -0.2) is 23.6 Å². The summed E-state index contributed by atoms with van der Waals surface area (Å²) in [6.07, 6.45) is 1.56. The number of carbonyl (C=O) groups is 1. The molecule has 0 unspecified atom stereocenters. The molecule has 0 atom stereocenters. The summed E-state index contributed by atoms with van der Waals surface area (Å²) in [6.45, 7) is 1.74. The third kappa shape index (κ3) is 1.27. The molecule has 0 radical (unpaired) electrons. The van der Waals surface area contributed by atoms with Crippen molar-refractivity contribution in [2.75, 3.05) is 12.1 Å². The Balaban J connectivity index is 1.99. The number of hydrazone groups is 1. The Morgan fingerprint density at radius 1 is 1.33 bits per heavy atom. The summed E-state index contributed by atoms with van der Waals surface area (Å²) in [5, 5.41) is 13.3. The van der Waals surface area contributed by atoms with Gasteiger partial charge in [0.15, 0.2) is 0 Å². The van der Waals surface area contributed by atoms with Crippen LogP contribution < -0.4 is 9.75 Å². The summed E-state index contributed by atoms with van der Waals surface area (Å²) in [5.41, 5.74) is 0.670. The smallest absolute Gasteiger partial charge is 0.301 e. The fourth-order valence-electron chi connectivity index (χ4n) is 2.42. The number of carbonyl (C=O) groups excluding carboxylic acids is 1. The van der Waals surface area contributed by atoms with E-state index in [1.807, 2.05) is 0 Å². The number of hydrazine groups is 1. The van der Waals surface area contributed by atoms with E-state index in [1.165, 1.54) is 5.01 Å². The van der Waals surface area contributed by atoms with E-state index in [1.54, 1.807) is 38.3 Å². The first-order valence-corrected chi connectivity index (χ1v) is 5.90. The Labute approximate surface area is 105 Å². The first-order valence-electron chi connectivity index (χ1n) is 5.90. The lowest BCUT2D eigenvalue weighted by Gasteiger charge is -2.14. The van der Waals surface area contributed by atoms with Crippen LogP contribution in [-0.2, 0) is 4.79 Å². The van der Waals surface area contributed by atoms with Gasteiger partial charge in [0, 0.05) is 6.92 Å². The third-order valence-electron chi connectivity index (χ3n) is 3.83. The first-order chi connectivity index (χ1) is 8.60. The Morgan fingerprint density at radius 3 is 2.39 bits per heavy atom. The van der Waals surface area contributed by atoms with E-state index in [4.69, 9.17) is 4.74 Å². The molecule has 1 spiro atoms. The Hall–Kier alpha value is -2.04. The molecule has 94 valence electrons. The molecule has 0 aromatic heterocycles. The number of hydrogen-bond donors (Lipinski definition) is 0. The van der Waals surface area contributed by atoms with Crippen LogP contribution in [0.5, 0.6) is 5.75 Å². The molecule has 3 rings (SSSR count). The van der Waals surface area contributed by atoms with Gasteiger partial charge in [0.1, 0.15) is 16.9 Å². The first kappa shape index (κ1) is 11.1. The van der Waals surface area contributed by atoms with Crippen LogP contribution in [0.4, 0.5) is 5.69 Å². The van der Waals surface area contributed by atoms with Crippen LogP contribution in [0, 0.1) is 10.6 Å². The molecule has 1 heterocycles. The largest absolute Gasteiger partial charge is 0.596 e. The van der Waals surface area contributed by atoms with E-state index < -0.39 is 5.41 Å². The van der Waals surface area contributed by atoms with Crippen molar-refractivity contribution in [2.45, 2.75) is 19.8 Å². The molecule has 0 saturated heterocycles. The van der Waals surface area contributed by atoms with Gasteiger partial charge in [-0.05, 0) is 37.1 Å². The standard InChI is InChI=1S/C13H14N2O3/c1-9-13(7-8-13)12(16)14(15(9)17)10-3-5-11(18-2)6-4-10/h3-6H,7-8H2,1-2H3. The van der Waals surface area contributed by atoms with Crippen LogP contribution in [0.2, 0.25) is 0 Å². The normalized spacial score (nSPS) is 20.8. The van der Waals surface area contributed by atoms with Crippen LogP contribution in [0.25, 0.3) is 0 Å². The minimum Gasteiger partial charge on any atom is -0.596 e. The van der Waals surface area contributed by atoms with Crippen molar-refractivity contribution in [3.05, 3.63) is 29.5 Å². The van der Waals surface area contributed by atoms with Crippen molar-refractivity contribution in [3.63, 3.8) is 0 Å². The molecule has 1 aromatic rings. The maximum Gasteiger partial charge on any atom is 0.301 e. The molecule has 0 bridgehead atoms. The van der Waals surface area contributed by atoms with Crippen molar-refractivity contribution in [3.8, 4) is 5.75 Å². The van der Waals surface area contributed by atoms with Crippen LogP contribution in [0.1, 0.15) is 19.8 Å². The maximum atomic E-state index is 12.3. The zero-order chi connectivity index (χ0) is 12.9. The summed E-state index contributed by atoms with van der Waals surface area (Å²) in [7, 11) is 1.58. The highest BCUT2D eigenvalue weighted by molar-refractivity contribution is 6.16. The SMILES string of the molecule is COc1ccc(N2C(=O)C3(CC3)C(C)=[N+]2[O-])cc1. The number of hydrogen-bond acceptors (Lipinski definition) is 3. The van der Waals surface area contributed by atoms with Gasteiger partial charge >= 0.3 is 5.91 Å². The Bertz CT molecular complexity index is 544. The molecular formula is C13H14N2O3. The molecule has 1 amide bonds. The predicted octanol–water partition coefficient (Wildman–Crippen LogP) is 1.71. The van der Waals surface area contributed by atoms with Gasteiger partial charge in [-0.1, -0.05) is 9.86 Å². The highest BCUT2D eigenvalue weighted by Gasteiger charge is 2.65. The van der Waals surface area contributed by atoms with Gasteiger partial charge in [0.25, 0.3) is 0 Å². The Morgan fingerprint density at radius 2 is 1.94 bits per heavy atom. The second-order valence-corrected chi connectivity index (χ2v) is 4.76. The molecule has 5 heteroatoms. The molecule has 1 aliphatic heterocycles. The zero-order valence-electron chi connectivity index (χ0n) is 10.3. The lowest BCUT2D eigenvalue weighted by Crippen LogP contribution is -2.33. The molecule has 18 heavy (non-hydrogen) atoms. The summed E-state index contributed by atoms with van der Waals surface area (Å²) in [5.74, 6) is 0.588. The average molecular weight is 246 g/mol. The minimum absolute atomic E-state index is 0.111. The quantitative estimate of drug-likeness (QED) is 0.589. The maximum absolute atomic E-state index is 12.3. The summed E-state index contributed by atoms with van der Waals surface area (Å²) >= 11 is 0. The number of nitrogens with zero attached hydrogens (tertiary/aromatic N) is 2. The average Bonchev–Trinajstić information content (AvgIpc) is 3.17. The van der Waals surface area contributed by atoms with Crippen molar-refractivity contribution in [2.24, 2.45) is 5.41 Å². The van der Waals surface area contributed by atoms with Gasteiger partial charge in [-0.25, -0.2) is 0 Å². The third-order valence-corrected chi connectivity index (χ3v) is 3.83. The van der Waals surface area contributed by atoms with Crippen molar-refractivity contribution < 1.29 is 14.4 Å².